The lowest BCUT2D eigenvalue weighted by molar-refractivity contribution is -0.116. The zero-order valence-corrected chi connectivity index (χ0v) is 15.5. The number of anilines is 1. The number of rotatable bonds is 10. The van der Waals surface area contributed by atoms with Gasteiger partial charge in [-0.15, -0.1) is 0 Å². The van der Waals surface area contributed by atoms with Crippen LogP contribution in [0, 0.1) is 6.92 Å². The molecule has 6 heteroatoms. The van der Waals surface area contributed by atoms with Crippen LogP contribution in [0.4, 0.5) is 5.69 Å². The number of carbonyl (C=O) groups excluding carboxylic acids is 1. The predicted octanol–water partition coefficient (Wildman–Crippen LogP) is 3.01. The fraction of sp³-hybridized carbons (Fsp3) is 0.350. The smallest absolute Gasteiger partial charge is 0.225 e. The highest BCUT2D eigenvalue weighted by molar-refractivity contribution is 5.92. The van der Waals surface area contributed by atoms with Crippen LogP contribution in [-0.4, -0.2) is 39.8 Å². The largest absolute Gasteiger partial charge is 0.497 e. The van der Waals surface area contributed by atoms with E-state index in [1.165, 1.54) is 0 Å². The summed E-state index contributed by atoms with van der Waals surface area (Å²) in [5, 5.41) is 6.08. The van der Waals surface area contributed by atoms with Crippen LogP contribution in [0.25, 0.3) is 0 Å². The van der Waals surface area contributed by atoms with Crippen molar-refractivity contribution in [2.75, 3.05) is 39.2 Å². The Morgan fingerprint density at radius 2 is 1.69 bits per heavy atom. The molecule has 0 spiro atoms. The van der Waals surface area contributed by atoms with E-state index < -0.39 is 0 Å². The highest BCUT2D eigenvalue weighted by Crippen LogP contribution is 2.25. The van der Waals surface area contributed by atoms with Crippen LogP contribution in [0.2, 0.25) is 0 Å². The lowest BCUT2D eigenvalue weighted by atomic mass is 10.2. The van der Waals surface area contributed by atoms with Gasteiger partial charge in [0.05, 0.1) is 19.9 Å². The van der Waals surface area contributed by atoms with Crippen LogP contribution in [-0.2, 0) is 4.79 Å². The number of ether oxygens (including phenoxy) is 3. The Balaban J connectivity index is 1.63. The summed E-state index contributed by atoms with van der Waals surface area (Å²) in [6.07, 6.45) is 0.375. The second-order valence-corrected chi connectivity index (χ2v) is 5.78. The van der Waals surface area contributed by atoms with Gasteiger partial charge in [0.25, 0.3) is 0 Å². The zero-order valence-electron chi connectivity index (χ0n) is 15.5. The number of methoxy groups -OCH3 is 2. The zero-order chi connectivity index (χ0) is 18.8. The monoisotopic (exact) mass is 358 g/mol. The minimum absolute atomic E-state index is 0.0579. The lowest BCUT2D eigenvalue weighted by Gasteiger charge is -2.11. The molecule has 0 bridgehead atoms. The maximum atomic E-state index is 12.1. The molecule has 0 radical (unpaired) electrons. The number of hydrogen-bond acceptors (Lipinski definition) is 5. The van der Waals surface area contributed by atoms with Gasteiger partial charge in [-0.1, -0.05) is 6.07 Å². The number of hydrogen-bond donors (Lipinski definition) is 2. The fourth-order valence-corrected chi connectivity index (χ4v) is 2.37. The summed E-state index contributed by atoms with van der Waals surface area (Å²) >= 11 is 0. The van der Waals surface area contributed by atoms with Crippen molar-refractivity contribution < 1.29 is 19.0 Å². The van der Waals surface area contributed by atoms with Gasteiger partial charge >= 0.3 is 0 Å². The van der Waals surface area contributed by atoms with Gasteiger partial charge in [0.1, 0.15) is 23.9 Å². The number of carbonyl (C=O) groups is 1. The maximum Gasteiger partial charge on any atom is 0.225 e. The predicted molar refractivity (Wildman–Crippen MR) is 102 cm³/mol. The van der Waals surface area contributed by atoms with Gasteiger partial charge in [-0.05, 0) is 48.9 Å². The molecule has 0 aliphatic rings. The van der Waals surface area contributed by atoms with Crippen LogP contribution >= 0.6 is 0 Å². The molecule has 2 aromatic rings. The second kappa shape index (κ2) is 10.3. The average molecular weight is 358 g/mol. The van der Waals surface area contributed by atoms with Crippen molar-refractivity contribution in [1.82, 2.24) is 5.32 Å². The van der Waals surface area contributed by atoms with Crippen molar-refractivity contribution in [2.24, 2.45) is 0 Å². The average Bonchev–Trinajstić information content (AvgIpc) is 2.65. The highest BCUT2D eigenvalue weighted by atomic mass is 16.5. The van der Waals surface area contributed by atoms with Crippen molar-refractivity contribution in [3.63, 3.8) is 0 Å². The van der Waals surface area contributed by atoms with Crippen LogP contribution in [0.5, 0.6) is 17.2 Å². The summed E-state index contributed by atoms with van der Waals surface area (Å²) in [6, 6.07) is 13.1. The molecule has 0 atom stereocenters. The minimum Gasteiger partial charge on any atom is -0.497 e. The molecule has 26 heavy (non-hydrogen) atoms. The van der Waals surface area contributed by atoms with Gasteiger partial charge < -0.3 is 24.8 Å². The Labute approximate surface area is 154 Å². The van der Waals surface area contributed by atoms with Crippen LogP contribution < -0.4 is 24.8 Å². The van der Waals surface area contributed by atoms with Crippen molar-refractivity contribution in [3.8, 4) is 17.2 Å². The van der Waals surface area contributed by atoms with E-state index in [9.17, 15) is 4.79 Å². The Bertz CT molecular complexity index is 701. The Hall–Kier alpha value is -2.73. The van der Waals surface area contributed by atoms with Crippen molar-refractivity contribution in [1.29, 1.82) is 0 Å². The summed E-state index contributed by atoms with van der Waals surface area (Å²) < 4.78 is 16.0. The van der Waals surface area contributed by atoms with Gasteiger partial charge in [0.15, 0.2) is 0 Å². The molecule has 0 aliphatic heterocycles. The van der Waals surface area contributed by atoms with Crippen molar-refractivity contribution in [3.05, 3.63) is 48.0 Å². The van der Waals surface area contributed by atoms with E-state index in [1.807, 2.05) is 49.4 Å². The first kappa shape index (κ1) is 19.6. The standard InChI is InChI=1S/C20H26N2O4/c1-15-4-9-19(25-3)18(14-15)22-20(23)10-11-21-12-13-26-17-7-5-16(24-2)6-8-17/h4-9,14,21H,10-13H2,1-3H3,(H,22,23). The third-order valence-corrected chi connectivity index (χ3v) is 3.76. The number of aryl methyl sites for hydroxylation is 1. The second-order valence-electron chi connectivity index (χ2n) is 5.78. The molecule has 140 valence electrons. The van der Waals surface area contributed by atoms with E-state index in [0.717, 1.165) is 17.1 Å². The van der Waals surface area contributed by atoms with Crippen LogP contribution in [0.1, 0.15) is 12.0 Å². The van der Waals surface area contributed by atoms with Gasteiger partial charge in [-0.2, -0.15) is 0 Å². The molecular weight excluding hydrogens is 332 g/mol. The normalized spacial score (nSPS) is 10.3. The van der Waals surface area contributed by atoms with Crippen molar-refractivity contribution >= 4 is 11.6 Å². The fourth-order valence-electron chi connectivity index (χ4n) is 2.37. The van der Waals surface area contributed by atoms with Gasteiger partial charge in [0.2, 0.25) is 5.91 Å². The molecule has 0 unspecified atom stereocenters. The highest BCUT2D eigenvalue weighted by Gasteiger charge is 2.07. The molecular formula is C20H26N2O4. The van der Waals surface area contributed by atoms with Gasteiger partial charge in [-0.25, -0.2) is 0 Å². The minimum atomic E-state index is -0.0579. The molecule has 2 rings (SSSR count). The quantitative estimate of drug-likeness (QED) is 0.639. The Kier molecular flexibility index (Phi) is 7.76. The summed E-state index contributed by atoms with van der Waals surface area (Å²) in [4.78, 5) is 12.1. The first-order chi connectivity index (χ1) is 12.6. The molecule has 1 amide bonds. The van der Waals surface area contributed by atoms with Gasteiger partial charge in [0, 0.05) is 19.5 Å². The Morgan fingerprint density at radius 3 is 2.38 bits per heavy atom. The number of nitrogens with one attached hydrogen (secondary N) is 2. The SMILES string of the molecule is COc1ccc(OCCNCCC(=O)Nc2cc(C)ccc2OC)cc1. The third-order valence-electron chi connectivity index (χ3n) is 3.76. The summed E-state index contributed by atoms with van der Waals surface area (Å²) in [7, 11) is 3.22. The summed E-state index contributed by atoms with van der Waals surface area (Å²) in [6.45, 7) is 3.73. The van der Waals surface area contributed by atoms with Crippen molar-refractivity contribution in [2.45, 2.75) is 13.3 Å². The summed E-state index contributed by atoms with van der Waals surface area (Å²) in [5.41, 5.74) is 1.76. The van der Waals surface area contributed by atoms with E-state index in [4.69, 9.17) is 14.2 Å². The van der Waals surface area contributed by atoms with E-state index in [2.05, 4.69) is 10.6 Å². The van der Waals surface area contributed by atoms with Crippen LogP contribution in [0.15, 0.2) is 42.5 Å². The molecule has 2 N–H and O–H groups in total. The first-order valence-corrected chi connectivity index (χ1v) is 8.54. The van der Waals surface area contributed by atoms with E-state index in [0.29, 0.717) is 37.6 Å². The maximum absolute atomic E-state index is 12.1. The molecule has 0 aliphatic carbocycles. The van der Waals surface area contributed by atoms with Gasteiger partial charge in [-0.3, -0.25) is 4.79 Å². The number of benzene rings is 2. The van der Waals surface area contributed by atoms with Crippen LogP contribution in [0.3, 0.4) is 0 Å². The Morgan fingerprint density at radius 1 is 0.962 bits per heavy atom. The first-order valence-electron chi connectivity index (χ1n) is 8.54. The molecule has 0 fully saturated rings. The molecule has 0 aromatic heterocycles. The molecule has 0 saturated heterocycles. The number of amides is 1. The van der Waals surface area contributed by atoms with E-state index in [1.54, 1.807) is 14.2 Å². The third kappa shape index (κ3) is 6.29. The molecule has 6 nitrogen and oxygen atoms in total. The lowest BCUT2D eigenvalue weighted by Crippen LogP contribution is -2.25. The topological polar surface area (TPSA) is 68.8 Å². The molecule has 0 saturated carbocycles. The molecule has 2 aromatic carbocycles. The molecule has 0 heterocycles. The van der Waals surface area contributed by atoms with E-state index >= 15 is 0 Å². The van der Waals surface area contributed by atoms with E-state index in [-0.39, 0.29) is 5.91 Å². The summed E-state index contributed by atoms with van der Waals surface area (Å²) in [5.74, 6) is 2.19.